The van der Waals surface area contributed by atoms with Gasteiger partial charge >= 0.3 is 5.82 Å². The lowest BCUT2D eigenvalue weighted by Gasteiger charge is -1.97. The summed E-state index contributed by atoms with van der Waals surface area (Å²) in [6.45, 7) is -0.314. The first-order chi connectivity index (χ1) is 6.11. The fraction of sp³-hybridized carbons (Fsp3) is 0.500. The Morgan fingerprint density at radius 2 is 2.38 bits per heavy atom. The van der Waals surface area contributed by atoms with Crippen molar-refractivity contribution >= 4 is 18.4 Å². The monoisotopic (exact) mass is 203 g/mol. The van der Waals surface area contributed by atoms with Crippen molar-refractivity contribution in [2.24, 2.45) is 7.05 Å². The Morgan fingerprint density at radius 3 is 2.69 bits per heavy atom. The van der Waals surface area contributed by atoms with Gasteiger partial charge in [-0.3, -0.25) is 0 Å². The molecule has 0 spiro atoms. The summed E-state index contributed by atoms with van der Waals surface area (Å²) in [7, 11) is 1.61. The molecule has 1 heterocycles. The second kappa shape index (κ2) is 3.75. The quantitative estimate of drug-likeness (QED) is 0.419. The van der Waals surface area contributed by atoms with E-state index in [2.05, 4.69) is 17.6 Å². The molecule has 1 N–H and O–H groups in total. The highest BCUT2D eigenvalue weighted by Crippen LogP contribution is 2.19. The maximum Gasteiger partial charge on any atom is 0.386 e. The van der Waals surface area contributed by atoms with E-state index in [9.17, 15) is 10.1 Å². The van der Waals surface area contributed by atoms with Crippen molar-refractivity contribution in [3.63, 3.8) is 0 Å². The number of nitrogens with zero attached hydrogens (tertiary/aromatic N) is 3. The van der Waals surface area contributed by atoms with Gasteiger partial charge in [-0.15, -0.1) is 0 Å². The summed E-state index contributed by atoms with van der Waals surface area (Å²) >= 11 is 3.95. The first-order valence-electron chi connectivity index (χ1n) is 3.52. The standard InChI is InChI=1S/C6H9N3O3S/c1-8-4(3-13)6(9(11)12)7-5(8)2-10/h10,13H,2-3H2,1H3. The molecule has 6 nitrogen and oxygen atoms in total. The minimum absolute atomic E-state index is 0.222. The topological polar surface area (TPSA) is 81.2 Å². The van der Waals surface area contributed by atoms with Crippen molar-refractivity contribution in [2.45, 2.75) is 12.4 Å². The number of nitro groups is 1. The van der Waals surface area contributed by atoms with Gasteiger partial charge in [0.25, 0.3) is 0 Å². The third kappa shape index (κ3) is 1.65. The summed E-state index contributed by atoms with van der Waals surface area (Å²) in [5, 5.41) is 19.3. The molecule has 0 fully saturated rings. The lowest BCUT2D eigenvalue weighted by Crippen LogP contribution is -2.00. The highest BCUT2D eigenvalue weighted by atomic mass is 32.1. The molecule has 0 saturated heterocycles. The Hall–Kier alpha value is -1.08. The zero-order valence-electron chi connectivity index (χ0n) is 6.97. The molecule has 1 rings (SSSR count). The maximum absolute atomic E-state index is 10.5. The van der Waals surface area contributed by atoms with E-state index < -0.39 is 4.92 Å². The van der Waals surface area contributed by atoms with Crippen molar-refractivity contribution in [2.75, 3.05) is 0 Å². The highest BCUT2D eigenvalue weighted by Gasteiger charge is 2.23. The van der Waals surface area contributed by atoms with E-state index in [1.54, 1.807) is 7.05 Å². The van der Waals surface area contributed by atoms with Crippen LogP contribution in [0.2, 0.25) is 0 Å². The summed E-state index contributed by atoms with van der Waals surface area (Å²) in [4.78, 5) is 13.6. The Kier molecular flexibility index (Phi) is 2.89. The maximum atomic E-state index is 10.5. The zero-order valence-corrected chi connectivity index (χ0v) is 7.86. The Labute approximate surface area is 79.8 Å². The van der Waals surface area contributed by atoms with E-state index >= 15 is 0 Å². The molecule has 0 aliphatic carbocycles. The average molecular weight is 203 g/mol. The Bertz CT molecular complexity index is 336. The SMILES string of the molecule is Cn1c(CO)nc([N+](=O)[O-])c1CS. The summed E-state index contributed by atoms with van der Waals surface area (Å²) in [5.74, 6) is 0.261. The molecule has 7 heteroatoms. The van der Waals surface area contributed by atoms with Gasteiger partial charge in [0.1, 0.15) is 12.3 Å². The molecule has 1 aromatic heterocycles. The number of hydrogen-bond donors (Lipinski definition) is 2. The van der Waals surface area contributed by atoms with Crippen LogP contribution in [0.4, 0.5) is 5.82 Å². The fourth-order valence-electron chi connectivity index (χ4n) is 1.03. The van der Waals surface area contributed by atoms with Crippen molar-refractivity contribution in [1.29, 1.82) is 0 Å². The fourth-order valence-corrected chi connectivity index (χ4v) is 1.39. The number of rotatable bonds is 3. The minimum atomic E-state index is -0.579. The molecule has 0 unspecified atom stereocenters. The molecule has 1 aromatic rings. The van der Waals surface area contributed by atoms with Crippen LogP contribution < -0.4 is 0 Å². The molecule has 0 bridgehead atoms. The molecule has 13 heavy (non-hydrogen) atoms. The van der Waals surface area contributed by atoms with Gasteiger partial charge in [0, 0.05) is 12.8 Å². The van der Waals surface area contributed by atoms with Gasteiger partial charge in [0.15, 0.2) is 0 Å². The Balaban J connectivity index is 3.27. The summed E-state index contributed by atoms with van der Waals surface area (Å²) in [5.41, 5.74) is 0.400. The van der Waals surface area contributed by atoms with E-state index in [-0.39, 0.29) is 24.0 Å². The van der Waals surface area contributed by atoms with Crippen LogP contribution >= 0.6 is 12.6 Å². The summed E-state index contributed by atoms with van der Waals surface area (Å²) in [6, 6.07) is 0. The van der Waals surface area contributed by atoms with Crippen LogP contribution in [0, 0.1) is 10.1 Å². The first-order valence-corrected chi connectivity index (χ1v) is 4.15. The van der Waals surface area contributed by atoms with Crippen LogP contribution in [0.25, 0.3) is 0 Å². The predicted molar refractivity (Wildman–Crippen MR) is 48.5 cm³/mol. The summed E-state index contributed by atoms with van der Waals surface area (Å²) < 4.78 is 1.48. The van der Waals surface area contributed by atoms with Gasteiger partial charge in [-0.25, -0.2) is 0 Å². The van der Waals surface area contributed by atoms with E-state index in [0.29, 0.717) is 5.69 Å². The van der Waals surface area contributed by atoms with Crippen molar-refractivity contribution in [3.05, 3.63) is 21.6 Å². The molecule has 0 saturated carbocycles. The second-order valence-corrected chi connectivity index (χ2v) is 2.75. The largest absolute Gasteiger partial charge is 0.386 e. The van der Waals surface area contributed by atoms with Gasteiger partial charge in [0.2, 0.25) is 5.82 Å². The molecule has 0 atom stereocenters. The zero-order chi connectivity index (χ0) is 10.0. The highest BCUT2D eigenvalue weighted by molar-refractivity contribution is 7.79. The molecular formula is C6H9N3O3S. The minimum Gasteiger partial charge on any atom is -0.386 e. The number of imidazole rings is 1. The number of aromatic nitrogens is 2. The predicted octanol–water partition coefficient (Wildman–Crippen LogP) is 0.250. The van der Waals surface area contributed by atoms with Crippen LogP contribution in [0.3, 0.4) is 0 Å². The molecular weight excluding hydrogens is 194 g/mol. The van der Waals surface area contributed by atoms with Crippen LogP contribution in [0.1, 0.15) is 11.5 Å². The second-order valence-electron chi connectivity index (χ2n) is 2.43. The number of aliphatic hydroxyl groups is 1. The van der Waals surface area contributed by atoms with Crippen molar-refractivity contribution in [3.8, 4) is 0 Å². The van der Waals surface area contributed by atoms with E-state index in [0.717, 1.165) is 0 Å². The van der Waals surface area contributed by atoms with Gasteiger partial charge in [-0.05, 0) is 9.91 Å². The van der Waals surface area contributed by atoms with E-state index in [4.69, 9.17) is 5.11 Å². The van der Waals surface area contributed by atoms with Crippen molar-refractivity contribution in [1.82, 2.24) is 9.55 Å². The third-order valence-electron chi connectivity index (χ3n) is 1.75. The van der Waals surface area contributed by atoms with E-state index in [1.807, 2.05) is 0 Å². The average Bonchev–Trinajstić information content (AvgIpc) is 2.42. The lowest BCUT2D eigenvalue weighted by molar-refractivity contribution is -0.390. The Morgan fingerprint density at radius 1 is 1.77 bits per heavy atom. The first kappa shape index (κ1) is 10.0. The van der Waals surface area contributed by atoms with E-state index in [1.165, 1.54) is 4.57 Å². The van der Waals surface area contributed by atoms with Gasteiger partial charge in [-0.2, -0.15) is 12.6 Å². The van der Waals surface area contributed by atoms with Crippen LogP contribution in [0.15, 0.2) is 0 Å². The lowest BCUT2D eigenvalue weighted by atomic mass is 10.5. The number of aliphatic hydroxyl groups excluding tert-OH is 1. The van der Waals surface area contributed by atoms with Crippen LogP contribution in [-0.4, -0.2) is 19.6 Å². The van der Waals surface area contributed by atoms with Gasteiger partial charge in [-0.1, -0.05) is 0 Å². The van der Waals surface area contributed by atoms with Gasteiger partial charge in [0.05, 0.1) is 0 Å². The number of thiol groups is 1. The normalized spacial score (nSPS) is 10.4. The molecule has 0 aromatic carbocycles. The van der Waals surface area contributed by atoms with Crippen LogP contribution in [-0.2, 0) is 19.4 Å². The molecule has 0 radical (unpaired) electrons. The molecule has 0 amide bonds. The molecule has 0 aliphatic rings. The van der Waals surface area contributed by atoms with Crippen molar-refractivity contribution < 1.29 is 10.0 Å². The molecule has 72 valence electrons. The smallest absolute Gasteiger partial charge is 0.386 e. The molecule has 0 aliphatic heterocycles. The van der Waals surface area contributed by atoms with Crippen LogP contribution in [0.5, 0.6) is 0 Å². The summed E-state index contributed by atoms with van der Waals surface area (Å²) in [6.07, 6.45) is 0. The van der Waals surface area contributed by atoms with Gasteiger partial charge < -0.3 is 19.8 Å². The third-order valence-corrected chi connectivity index (χ3v) is 2.05. The number of hydrogen-bond acceptors (Lipinski definition) is 5.